The third kappa shape index (κ3) is 4.02. The van der Waals surface area contributed by atoms with Crippen LogP contribution in [0.1, 0.15) is 34.1 Å². The summed E-state index contributed by atoms with van der Waals surface area (Å²) in [7, 11) is 2.83. The van der Waals surface area contributed by atoms with E-state index in [1.165, 1.54) is 37.7 Å². The summed E-state index contributed by atoms with van der Waals surface area (Å²) in [5.41, 5.74) is 5.38. The van der Waals surface area contributed by atoms with Crippen LogP contribution in [0.2, 0.25) is 0 Å². The summed E-state index contributed by atoms with van der Waals surface area (Å²) in [6.45, 7) is -0.340. The molecule has 2 aromatic rings. The Labute approximate surface area is 153 Å². The molecule has 10 heteroatoms. The highest BCUT2D eigenvalue weighted by Crippen LogP contribution is 2.42. The standard InChI is InChI=1S/C16H18N4O5S/c1-23-10-5-9(6-11(24-2)13(10)25-7-12(17)21)14(22)18-16-20-19-15(26-16)8-3-4-8/h5-6,8H,3-4,7H2,1-2H3,(H2,17,21)(H,18,20,22). The summed E-state index contributed by atoms with van der Waals surface area (Å²) in [6.07, 6.45) is 2.23. The Morgan fingerprint density at radius 3 is 2.42 bits per heavy atom. The van der Waals surface area contributed by atoms with Gasteiger partial charge in [-0.15, -0.1) is 10.2 Å². The zero-order valence-corrected chi connectivity index (χ0v) is 15.1. The van der Waals surface area contributed by atoms with Crippen LogP contribution in [0.15, 0.2) is 12.1 Å². The molecule has 1 fully saturated rings. The predicted molar refractivity (Wildman–Crippen MR) is 94.1 cm³/mol. The van der Waals surface area contributed by atoms with Gasteiger partial charge in [0, 0.05) is 11.5 Å². The molecule has 0 saturated heterocycles. The van der Waals surface area contributed by atoms with Gasteiger partial charge >= 0.3 is 0 Å². The third-order valence-corrected chi connectivity index (χ3v) is 4.67. The number of hydrogen-bond acceptors (Lipinski definition) is 8. The van der Waals surface area contributed by atoms with Crippen molar-refractivity contribution >= 4 is 28.3 Å². The first-order valence-corrected chi connectivity index (χ1v) is 8.65. The van der Waals surface area contributed by atoms with Crippen LogP contribution < -0.4 is 25.3 Å². The number of benzene rings is 1. The lowest BCUT2D eigenvalue weighted by atomic mass is 10.1. The lowest BCUT2D eigenvalue weighted by Crippen LogP contribution is -2.20. The second-order valence-electron chi connectivity index (χ2n) is 5.64. The molecule has 2 amide bonds. The van der Waals surface area contributed by atoms with Crippen LogP contribution in [0.5, 0.6) is 17.2 Å². The van der Waals surface area contributed by atoms with Gasteiger partial charge in [-0.25, -0.2) is 0 Å². The number of amides is 2. The normalized spacial score (nSPS) is 13.2. The van der Waals surface area contributed by atoms with Gasteiger partial charge in [-0.1, -0.05) is 11.3 Å². The number of aromatic nitrogens is 2. The van der Waals surface area contributed by atoms with E-state index in [4.69, 9.17) is 19.9 Å². The van der Waals surface area contributed by atoms with Crippen molar-refractivity contribution in [3.63, 3.8) is 0 Å². The van der Waals surface area contributed by atoms with Gasteiger partial charge in [-0.2, -0.15) is 0 Å². The van der Waals surface area contributed by atoms with E-state index in [-0.39, 0.29) is 35.3 Å². The quantitative estimate of drug-likeness (QED) is 0.714. The maximum absolute atomic E-state index is 12.5. The van der Waals surface area contributed by atoms with Crippen molar-refractivity contribution in [1.82, 2.24) is 10.2 Å². The average Bonchev–Trinajstić information content (AvgIpc) is 3.38. The molecule has 138 valence electrons. The summed E-state index contributed by atoms with van der Waals surface area (Å²) < 4.78 is 15.8. The van der Waals surface area contributed by atoms with Gasteiger partial charge in [-0.05, 0) is 25.0 Å². The number of rotatable bonds is 8. The van der Waals surface area contributed by atoms with Crippen molar-refractivity contribution in [2.24, 2.45) is 5.73 Å². The molecule has 1 saturated carbocycles. The van der Waals surface area contributed by atoms with Crippen molar-refractivity contribution in [3.05, 3.63) is 22.7 Å². The highest BCUT2D eigenvalue weighted by Gasteiger charge is 2.28. The van der Waals surface area contributed by atoms with Gasteiger partial charge in [0.15, 0.2) is 18.1 Å². The van der Waals surface area contributed by atoms with E-state index in [0.717, 1.165) is 17.8 Å². The molecule has 26 heavy (non-hydrogen) atoms. The molecule has 3 rings (SSSR count). The molecule has 0 bridgehead atoms. The van der Waals surface area contributed by atoms with Gasteiger partial charge in [0.2, 0.25) is 10.9 Å². The minimum absolute atomic E-state index is 0.192. The fraction of sp³-hybridized carbons (Fsp3) is 0.375. The Kier molecular flexibility index (Phi) is 5.21. The number of nitrogens with two attached hydrogens (primary N) is 1. The van der Waals surface area contributed by atoms with Gasteiger partial charge in [0.05, 0.1) is 14.2 Å². The zero-order valence-electron chi connectivity index (χ0n) is 14.3. The van der Waals surface area contributed by atoms with Crippen molar-refractivity contribution < 1.29 is 23.8 Å². The van der Waals surface area contributed by atoms with Gasteiger partial charge in [0.25, 0.3) is 11.8 Å². The minimum Gasteiger partial charge on any atom is -0.493 e. The molecule has 1 aromatic heterocycles. The topological polar surface area (TPSA) is 126 Å². The monoisotopic (exact) mass is 378 g/mol. The van der Waals surface area contributed by atoms with E-state index >= 15 is 0 Å². The molecular weight excluding hydrogens is 360 g/mol. The van der Waals surface area contributed by atoms with Crippen LogP contribution >= 0.6 is 11.3 Å². The number of nitrogens with zero attached hydrogens (tertiary/aromatic N) is 2. The smallest absolute Gasteiger partial charge is 0.257 e. The van der Waals surface area contributed by atoms with Crippen LogP contribution in [0, 0.1) is 0 Å². The number of hydrogen-bond donors (Lipinski definition) is 2. The van der Waals surface area contributed by atoms with Crippen LogP contribution in [0.4, 0.5) is 5.13 Å². The number of anilines is 1. The second kappa shape index (κ2) is 7.56. The predicted octanol–water partition coefficient (Wildman–Crippen LogP) is 1.55. The second-order valence-corrected chi connectivity index (χ2v) is 6.65. The number of carbonyl (C=O) groups is 2. The Hall–Kier alpha value is -2.88. The first-order chi connectivity index (χ1) is 12.5. The molecule has 0 unspecified atom stereocenters. The fourth-order valence-corrected chi connectivity index (χ4v) is 3.15. The summed E-state index contributed by atoms with van der Waals surface area (Å²) in [5, 5.41) is 12.2. The first-order valence-electron chi connectivity index (χ1n) is 7.83. The summed E-state index contributed by atoms with van der Waals surface area (Å²) in [6, 6.07) is 2.97. The van der Waals surface area contributed by atoms with Crippen LogP contribution in [-0.4, -0.2) is 42.8 Å². The molecule has 1 heterocycles. The Morgan fingerprint density at radius 1 is 1.23 bits per heavy atom. The highest BCUT2D eigenvalue weighted by atomic mass is 32.1. The summed E-state index contributed by atoms with van der Waals surface area (Å²) >= 11 is 1.37. The van der Waals surface area contributed by atoms with Gasteiger partial charge in [-0.3, -0.25) is 14.9 Å². The van der Waals surface area contributed by atoms with Crippen molar-refractivity contribution in [3.8, 4) is 17.2 Å². The molecule has 9 nitrogen and oxygen atoms in total. The molecule has 0 radical (unpaired) electrons. The van der Waals surface area contributed by atoms with Crippen LogP contribution in [0.3, 0.4) is 0 Å². The maximum atomic E-state index is 12.5. The number of methoxy groups -OCH3 is 2. The average molecular weight is 378 g/mol. The number of nitrogens with one attached hydrogen (secondary N) is 1. The van der Waals surface area contributed by atoms with Crippen molar-refractivity contribution in [2.45, 2.75) is 18.8 Å². The largest absolute Gasteiger partial charge is 0.493 e. The first kappa shape index (κ1) is 17.9. The molecule has 1 aliphatic carbocycles. The molecule has 1 aliphatic rings. The highest BCUT2D eigenvalue weighted by molar-refractivity contribution is 7.15. The lowest BCUT2D eigenvalue weighted by Gasteiger charge is -2.15. The molecule has 1 aromatic carbocycles. The molecule has 0 aliphatic heterocycles. The number of carbonyl (C=O) groups excluding carboxylic acids is 2. The Balaban J connectivity index is 1.81. The van der Waals surface area contributed by atoms with E-state index < -0.39 is 5.91 Å². The number of primary amides is 1. The van der Waals surface area contributed by atoms with E-state index in [9.17, 15) is 9.59 Å². The Bertz CT molecular complexity index is 809. The van der Waals surface area contributed by atoms with Crippen LogP contribution in [-0.2, 0) is 4.79 Å². The van der Waals surface area contributed by atoms with Crippen molar-refractivity contribution in [1.29, 1.82) is 0 Å². The summed E-state index contributed by atoms with van der Waals surface area (Å²) in [4.78, 5) is 23.5. The van der Waals surface area contributed by atoms with E-state index in [2.05, 4.69) is 15.5 Å². The zero-order chi connectivity index (χ0) is 18.7. The molecular formula is C16H18N4O5S. The van der Waals surface area contributed by atoms with Crippen molar-refractivity contribution in [2.75, 3.05) is 26.1 Å². The third-order valence-electron chi connectivity index (χ3n) is 3.67. The van der Waals surface area contributed by atoms with Gasteiger partial charge < -0.3 is 19.9 Å². The molecule has 3 N–H and O–H groups in total. The van der Waals surface area contributed by atoms with Gasteiger partial charge in [0.1, 0.15) is 5.01 Å². The van der Waals surface area contributed by atoms with E-state index in [1.54, 1.807) is 0 Å². The Morgan fingerprint density at radius 2 is 1.88 bits per heavy atom. The van der Waals surface area contributed by atoms with Crippen LogP contribution in [0.25, 0.3) is 0 Å². The summed E-state index contributed by atoms with van der Waals surface area (Å²) in [5.74, 6) is 0.121. The van der Waals surface area contributed by atoms with E-state index in [1.807, 2.05) is 0 Å². The SMILES string of the molecule is COc1cc(C(=O)Nc2nnc(C3CC3)s2)cc(OC)c1OCC(N)=O. The molecule has 0 atom stereocenters. The minimum atomic E-state index is -0.640. The fourth-order valence-electron chi connectivity index (χ4n) is 2.25. The number of ether oxygens (including phenoxy) is 3. The lowest BCUT2D eigenvalue weighted by molar-refractivity contribution is -0.120. The maximum Gasteiger partial charge on any atom is 0.257 e. The molecule has 0 spiro atoms. The van der Waals surface area contributed by atoms with E-state index in [0.29, 0.717) is 11.0 Å².